The second-order valence-corrected chi connectivity index (χ2v) is 10.1. The zero-order chi connectivity index (χ0) is 19.4. The van der Waals surface area contributed by atoms with Crippen molar-refractivity contribution < 1.29 is 13.2 Å². The molecule has 1 aromatic rings. The predicted octanol–water partition coefficient (Wildman–Crippen LogP) is 2.06. The van der Waals surface area contributed by atoms with E-state index in [1.54, 1.807) is 4.31 Å². The van der Waals surface area contributed by atoms with E-state index in [1.807, 2.05) is 18.2 Å². The van der Waals surface area contributed by atoms with Gasteiger partial charge >= 0.3 is 0 Å². The zero-order valence-corrected chi connectivity index (χ0v) is 18.8. The Labute approximate surface area is 181 Å². The van der Waals surface area contributed by atoms with Crippen LogP contribution in [0.25, 0.3) is 0 Å². The summed E-state index contributed by atoms with van der Waals surface area (Å²) in [5.74, 6) is 0. The molecular weight excluding hydrogens is 410 g/mol. The SMILES string of the molecule is Cl.O=S(=O)(c1ccc2c(c1)CCCC2)N(CCN1CCOCC1)C1CCCNC1. The number of hydrogen-bond acceptors (Lipinski definition) is 5. The molecule has 0 saturated carbocycles. The van der Waals surface area contributed by atoms with Crippen LogP contribution in [0.1, 0.15) is 36.8 Å². The summed E-state index contributed by atoms with van der Waals surface area (Å²) in [6, 6.07) is 5.86. The second-order valence-electron chi connectivity index (χ2n) is 8.21. The van der Waals surface area contributed by atoms with Crippen LogP contribution in [-0.4, -0.2) is 76.1 Å². The summed E-state index contributed by atoms with van der Waals surface area (Å²) < 4.78 is 34.5. The van der Waals surface area contributed by atoms with Crippen LogP contribution in [0, 0.1) is 0 Å². The van der Waals surface area contributed by atoms with Crippen molar-refractivity contribution in [1.29, 1.82) is 0 Å². The molecule has 1 N–H and O–H groups in total. The highest BCUT2D eigenvalue weighted by Gasteiger charge is 2.33. The average Bonchev–Trinajstić information content (AvgIpc) is 2.75. The van der Waals surface area contributed by atoms with Gasteiger partial charge in [0.2, 0.25) is 10.0 Å². The predicted molar refractivity (Wildman–Crippen MR) is 117 cm³/mol. The largest absolute Gasteiger partial charge is 0.379 e. The molecule has 29 heavy (non-hydrogen) atoms. The summed E-state index contributed by atoms with van der Waals surface area (Å²) >= 11 is 0. The summed E-state index contributed by atoms with van der Waals surface area (Å²) in [5.41, 5.74) is 2.55. The van der Waals surface area contributed by atoms with Crippen LogP contribution in [-0.2, 0) is 27.6 Å². The smallest absolute Gasteiger partial charge is 0.243 e. The Morgan fingerprint density at radius 3 is 2.59 bits per heavy atom. The van der Waals surface area contributed by atoms with Gasteiger partial charge in [0.15, 0.2) is 0 Å². The average molecular weight is 444 g/mol. The fourth-order valence-electron chi connectivity index (χ4n) is 4.65. The number of fused-ring (bicyclic) bond motifs is 1. The molecule has 164 valence electrons. The van der Waals surface area contributed by atoms with Gasteiger partial charge in [-0.15, -0.1) is 12.4 Å². The van der Waals surface area contributed by atoms with Gasteiger partial charge in [0.25, 0.3) is 0 Å². The van der Waals surface area contributed by atoms with Crippen LogP contribution in [0.15, 0.2) is 23.1 Å². The molecule has 2 saturated heterocycles. The maximum absolute atomic E-state index is 13.6. The molecule has 1 unspecified atom stereocenters. The van der Waals surface area contributed by atoms with Crippen molar-refractivity contribution >= 4 is 22.4 Å². The Bertz CT molecular complexity index is 762. The molecule has 0 spiro atoms. The van der Waals surface area contributed by atoms with Crippen molar-refractivity contribution in [2.45, 2.75) is 49.5 Å². The Kier molecular flexibility index (Phi) is 8.36. The summed E-state index contributed by atoms with van der Waals surface area (Å²) in [4.78, 5) is 2.79. The Balaban J connectivity index is 0.00000240. The molecule has 0 bridgehead atoms. The minimum atomic E-state index is -3.50. The summed E-state index contributed by atoms with van der Waals surface area (Å²) in [6.45, 7) is 6.28. The van der Waals surface area contributed by atoms with Crippen molar-refractivity contribution in [3.8, 4) is 0 Å². The van der Waals surface area contributed by atoms with Gasteiger partial charge in [-0.2, -0.15) is 4.31 Å². The maximum Gasteiger partial charge on any atom is 0.243 e. The number of rotatable bonds is 6. The van der Waals surface area contributed by atoms with Crippen molar-refractivity contribution in [3.05, 3.63) is 29.3 Å². The lowest BCUT2D eigenvalue weighted by Gasteiger charge is -2.36. The van der Waals surface area contributed by atoms with E-state index in [-0.39, 0.29) is 18.4 Å². The topological polar surface area (TPSA) is 61.9 Å². The van der Waals surface area contributed by atoms with Crippen molar-refractivity contribution in [2.24, 2.45) is 0 Å². The molecule has 3 aliphatic rings. The van der Waals surface area contributed by atoms with Gasteiger partial charge in [0.1, 0.15) is 0 Å². The first kappa shape index (κ1) is 23.0. The minimum absolute atomic E-state index is 0. The lowest BCUT2D eigenvalue weighted by molar-refractivity contribution is 0.0350. The number of aryl methyl sites for hydroxylation is 2. The van der Waals surface area contributed by atoms with Gasteiger partial charge in [0.05, 0.1) is 18.1 Å². The monoisotopic (exact) mass is 443 g/mol. The van der Waals surface area contributed by atoms with Crippen molar-refractivity contribution in [3.63, 3.8) is 0 Å². The Hall–Kier alpha value is -0.700. The number of ether oxygens (including phenoxy) is 1. The summed E-state index contributed by atoms with van der Waals surface area (Å²) in [6.07, 6.45) is 6.39. The number of piperidine rings is 1. The second kappa shape index (κ2) is 10.6. The van der Waals surface area contributed by atoms with E-state index in [1.165, 1.54) is 17.5 Å². The Morgan fingerprint density at radius 1 is 1.10 bits per heavy atom. The first-order valence-electron chi connectivity index (χ1n) is 10.8. The van der Waals surface area contributed by atoms with Crippen LogP contribution in [0.3, 0.4) is 0 Å². The lowest BCUT2D eigenvalue weighted by atomic mass is 9.92. The molecule has 8 heteroatoms. The highest BCUT2D eigenvalue weighted by atomic mass is 35.5. The number of sulfonamides is 1. The van der Waals surface area contributed by atoms with E-state index in [4.69, 9.17) is 4.74 Å². The molecule has 2 heterocycles. The standard InChI is InChI=1S/C21H33N3O3S.ClH/c25-28(26,21-8-7-18-4-1-2-5-19(18)16-21)24(20-6-3-9-22-17-20)11-10-23-12-14-27-15-13-23;/h7-8,16,20,22H,1-6,9-15,17H2;1H. The maximum atomic E-state index is 13.6. The van der Waals surface area contributed by atoms with Crippen LogP contribution in [0.4, 0.5) is 0 Å². The number of halogens is 1. The molecule has 1 aliphatic carbocycles. The number of nitrogens with one attached hydrogen (secondary N) is 1. The van der Waals surface area contributed by atoms with Gasteiger partial charge in [-0.05, 0) is 68.3 Å². The van der Waals surface area contributed by atoms with Crippen LogP contribution < -0.4 is 5.32 Å². The first-order valence-corrected chi connectivity index (χ1v) is 12.2. The fourth-order valence-corrected chi connectivity index (χ4v) is 6.35. The number of hydrogen-bond donors (Lipinski definition) is 1. The van der Waals surface area contributed by atoms with Gasteiger partial charge in [-0.1, -0.05) is 6.07 Å². The van der Waals surface area contributed by atoms with Gasteiger partial charge in [-0.25, -0.2) is 8.42 Å². The highest BCUT2D eigenvalue weighted by molar-refractivity contribution is 7.89. The molecule has 0 amide bonds. The van der Waals surface area contributed by atoms with E-state index in [2.05, 4.69) is 10.2 Å². The molecular formula is C21H34ClN3O3S. The number of nitrogens with zero attached hydrogens (tertiary/aromatic N) is 2. The third kappa shape index (κ3) is 5.51. The van der Waals surface area contributed by atoms with E-state index in [9.17, 15) is 8.42 Å². The molecule has 1 atom stereocenters. The highest BCUT2D eigenvalue weighted by Crippen LogP contribution is 2.27. The van der Waals surface area contributed by atoms with Crippen molar-refractivity contribution in [1.82, 2.24) is 14.5 Å². The normalized spacial score (nSPS) is 23.4. The third-order valence-corrected chi connectivity index (χ3v) is 8.29. The summed E-state index contributed by atoms with van der Waals surface area (Å²) in [5, 5.41) is 3.39. The molecule has 2 fully saturated rings. The van der Waals surface area contributed by atoms with Crippen LogP contribution >= 0.6 is 12.4 Å². The van der Waals surface area contributed by atoms with E-state index in [0.29, 0.717) is 11.4 Å². The third-order valence-electron chi connectivity index (χ3n) is 6.35. The minimum Gasteiger partial charge on any atom is -0.379 e. The van der Waals surface area contributed by atoms with Crippen LogP contribution in [0.2, 0.25) is 0 Å². The van der Waals surface area contributed by atoms with Gasteiger partial charge in [0, 0.05) is 38.8 Å². The van der Waals surface area contributed by atoms with Gasteiger partial charge in [-0.3, -0.25) is 4.90 Å². The number of morpholine rings is 1. The molecule has 0 radical (unpaired) electrons. The van der Waals surface area contributed by atoms with Crippen molar-refractivity contribution in [2.75, 3.05) is 52.5 Å². The van der Waals surface area contributed by atoms with Gasteiger partial charge < -0.3 is 10.1 Å². The molecule has 1 aromatic carbocycles. The number of benzene rings is 1. The zero-order valence-electron chi connectivity index (χ0n) is 17.1. The molecule has 6 nitrogen and oxygen atoms in total. The molecule has 2 aliphatic heterocycles. The first-order chi connectivity index (χ1) is 13.6. The van der Waals surface area contributed by atoms with E-state index >= 15 is 0 Å². The Morgan fingerprint density at radius 2 is 1.86 bits per heavy atom. The molecule has 0 aromatic heterocycles. The van der Waals surface area contributed by atoms with E-state index in [0.717, 1.165) is 78.0 Å². The fraction of sp³-hybridized carbons (Fsp3) is 0.714. The van der Waals surface area contributed by atoms with Crippen LogP contribution in [0.5, 0.6) is 0 Å². The lowest BCUT2D eigenvalue weighted by Crippen LogP contribution is -2.51. The molecule has 4 rings (SSSR count). The van der Waals surface area contributed by atoms with E-state index < -0.39 is 10.0 Å². The quantitative estimate of drug-likeness (QED) is 0.729. The summed E-state index contributed by atoms with van der Waals surface area (Å²) in [7, 11) is -3.50.